The predicted molar refractivity (Wildman–Crippen MR) is 178 cm³/mol. The highest BCUT2D eigenvalue weighted by molar-refractivity contribution is 6.27. The topological polar surface area (TPSA) is 210 Å². The van der Waals surface area contributed by atoms with Crippen LogP contribution in [0.15, 0.2) is 58.1 Å². The van der Waals surface area contributed by atoms with Gasteiger partial charge in [-0.15, -0.1) is 0 Å². The van der Waals surface area contributed by atoms with Crippen LogP contribution in [0.5, 0.6) is 0 Å². The number of Topliss-reactive ketones (excluding diaryl/α,β-unsaturated/α-hetero) is 3. The van der Waals surface area contributed by atoms with Gasteiger partial charge in [0.05, 0.1) is 36.7 Å². The van der Waals surface area contributed by atoms with Gasteiger partial charge in [-0.25, -0.2) is 4.79 Å². The van der Waals surface area contributed by atoms with Crippen molar-refractivity contribution in [1.82, 2.24) is 5.32 Å². The Morgan fingerprint density at radius 3 is 2.24 bits per heavy atom. The van der Waals surface area contributed by atoms with Crippen LogP contribution >= 0.6 is 0 Å². The number of carbonyl (C=O) groups is 5. The van der Waals surface area contributed by atoms with E-state index in [1.165, 1.54) is 60.5 Å². The maximum atomic E-state index is 14.2. The summed E-state index contributed by atoms with van der Waals surface area (Å²) in [5.74, 6) is -4.26. The Balaban J connectivity index is 2.83. The Hall–Kier alpha value is -3.95. The quantitative estimate of drug-likeness (QED) is 0.203. The van der Waals surface area contributed by atoms with Crippen molar-refractivity contribution in [2.75, 3.05) is 28.4 Å². The highest BCUT2D eigenvalue weighted by atomic mass is 16.6. The summed E-state index contributed by atoms with van der Waals surface area (Å²) in [5, 5.41) is 23.7. The molecule has 0 saturated carbocycles. The average Bonchev–Trinajstić information content (AvgIpc) is 3.03. The maximum absolute atomic E-state index is 14.2. The van der Waals surface area contributed by atoms with Crippen LogP contribution < -0.4 is 11.1 Å². The monoisotopic (exact) mass is 690 g/mol. The largest absolute Gasteiger partial charge is 0.492 e. The summed E-state index contributed by atoms with van der Waals surface area (Å²) in [4.78, 5) is 66.7. The zero-order valence-electron chi connectivity index (χ0n) is 29.6. The van der Waals surface area contributed by atoms with E-state index < -0.39 is 83.2 Å². The summed E-state index contributed by atoms with van der Waals surface area (Å²) in [6, 6.07) is 0. The van der Waals surface area contributed by atoms with Crippen molar-refractivity contribution in [3.05, 3.63) is 58.1 Å². The van der Waals surface area contributed by atoms with Crippen molar-refractivity contribution >= 4 is 29.4 Å². The second-order valence-electron chi connectivity index (χ2n) is 12.4. The van der Waals surface area contributed by atoms with Crippen molar-refractivity contribution in [1.29, 1.82) is 0 Å². The van der Waals surface area contributed by atoms with Crippen LogP contribution in [-0.4, -0.2) is 105 Å². The van der Waals surface area contributed by atoms with Crippen LogP contribution in [0.4, 0.5) is 4.79 Å². The standard InChI is InChI=1S/C35H50N2O12/c1-17-13-22-29(41)27(26(30(42)32(22)47-8)33(48-9)23(39)16-21(5)38)37-34(43)18(2)11-10-12-24(45-6)31(49-35(36)44)20(4)15-19(3)28(40)25(14-17)46-7/h10-12,15,17,19,21,24-25,28,31,33,38,40H,13-14,16H2,1-9H3,(H2,36,44)(H,37,43)/b12-10-,18-11+,20-15+/t17-,19+,21+,24-,25-,28-,31-,33-/m1/s1. The number of allylic oxidation sites excluding steroid dienone is 4. The smallest absolute Gasteiger partial charge is 0.405 e. The molecular formula is C35H50N2O12. The number of methoxy groups -OCH3 is 4. The van der Waals surface area contributed by atoms with E-state index in [1.54, 1.807) is 26.8 Å². The van der Waals surface area contributed by atoms with Gasteiger partial charge in [-0.05, 0) is 45.1 Å². The summed E-state index contributed by atoms with van der Waals surface area (Å²) in [7, 11) is 5.21. The van der Waals surface area contributed by atoms with Gasteiger partial charge in [0.2, 0.25) is 11.6 Å². The van der Waals surface area contributed by atoms with E-state index in [4.69, 9.17) is 29.4 Å². The van der Waals surface area contributed by atoms with E-state index in [9.17, 15) is 34.2 Å². The molecule has 1 aliphatic carbocycles. The Kier molecular flexibility index (Phi) is 15.7. The van der Waals surface area contributed by atoms with E-state index >= 15 is 0 Å². The third-order valence-corrected chi connectivity index (χ3v) is 8.43. The van der Waals surface area contributed by atoms with Crippen molar-refractivity contribution in [3.63, 3.8) is 0 Å². The van der Waals surface area contributed by atoms with Crippen LogP contribution in [0.3, 0.4) is 0 Å². The van der Waals surface area contributed by atoms with Gasteiger partial charge >= 0.3 is 6.09 Å². The molecular weight excluding hydrogens is 640 g/mol. The Bertz CT molecular complexity index is 1420. The molecule has 14 heteroatoms. The van der Waals surface area contributed by atoms with Gasteiger partial charge in [0.25, 0.3) is 5.91 Å². The van der Waals surface area contributed by atoms with Crippen molar-refractivity contribution in [3.8, 4) is 0 Å². The number of ether oxygens (including phenoxy) is 5. The SMILES string of the molecule is COC1=C2C[C@@H](C)C[C@@H](OC)[C@H](O)[C@@H](C)/C=C(\C)[C@@H](OC(N)=O)[C@H](OC)/C=C\C=C(/C)C(=O)NC(=C([C@H](OC)C(=O)C[C@H](C)O)C1=O)C2=O. The molecule has 2 bridgehead atoms. The van der Waals surface area contributed by atoms with Gasteiger partial charge in [-0.1, -0.05) is 38.2 Å². The summed E-state index contributed by atoms with van der Waals surface area (Å²) >= 11 is 0. The molecule has 2 rings (SSSR count). The number of aliphatic hydroxyl groups excluding tert-OH is 2. The highest BCUT2D eigenvalue weighted by Gasteiger charge is 2.43. The van der Waals surface area contributed by atoms with E-state index in [-0.39, 0.29) is 42.1 Å². The van der Waals surface area contributed by atoms with Gasteiger partial charge in [-0.2, -0.15) is 0 Å². The molecule has 0 unspecified atom stereocenters. The number of primary amides is 1. The lowest BCUT2D eigenvalue weighted by Gasteiger charge is -2.30. The lowest BCUT2D eigenvalue weighted by atomic mass is 9.82. The third-order valence-electron chi connectivity index (χ3n) is 8.43. The van der Waals surface area contributed by atoms with Gasteiger partial charge in [0.15, 0.2) is 17.6 Å². The highest BCUT2D eigenvalue weighted by Crippen LogP contribution is 2.33. The van der Waals surface area contributed by atoms with E-state index in [0.29, 0.717) is 5.57 Å². The number of ketones is 3. The normalized spacial score (nSPS) is 30.4. The first-order valence-electron chi connectivity index (χ1n) is 15.9. The van der Waals surface area contributed by atoms with Gasteiger partial charge < -0.3 is 44.9 Å². The Morgan fingerprint density at radius 1 is 1.06 bits per heavy atom. The first-order valence-corrected chi connectivity index (χ1v) is 15.9. The molecule has 1 aliphatic heterocycles. The summed E-state index contributed by atoms with van der Waals surface area (Å²) in [5.41, 5.74) is 5.06. The van der Waals surface area contributed by atoms with Crippen LogP contribution in [0, 0.1) is 11.8 Å². The van der Waals surface area contributed by atoms with Crippen molar-refractivity contribution < 1.29 is 57.9 Å². The van der Waals surface area contributed by atoms with Crippen LogP contribution in [-0.2, 0) is 42.9 Å². The fraction of sp³-hybridized carbons (Fsp3) is 0.571. The third kappa shape index (κ3) is 10.5. The number of hydrogen-bond donors (Lipinski definition) is 4. The maximum Gasteiger partial charge on any atom is 0.405 e. The molecule has 0 saturated heterocycles. The molecule has 0 aromatic rings. The van der Waals surface area contributed by atoms with Gasteiger partial charge in [-0.3, -0.25) is 19.2 Å². The zero-order chi connectivity index (χ0) is 37.2. The summed E-state index contributed by atoms with van der Waals surface area (Å²) in [6.07, 6.45) is -1.41. The molecule has 0 fully saturated rings. The van der Waals surface area contributed by atoms with Crippen LogP contribution in [0.2, 0.25) is 0 Å². The molecule has 8 atom stereocenters. The minimum Gasteiger partial charge on any atom is -0.492 e. The number of amides is 2. The fourth-order valence-corrected chi connectivity index (χ4v) is 5.93. The molecule has 49 heavy (non-hydrogen) atoms. The Labute approximate surface area is 287 Å². The molecule has 272 valence electrons. The first kappa shape index (κ1) is 41.2. The van der Waals surface area contributed by atoms with E-state index in [2.05, 4.69) is 5.32 Å². The lowest BCUT2D eigenvalue weighted by molar-refractivity contribution is -0.131. The van der Waals surface area contributed by atoms with Crippen molar-refractivity contribution in [2.45, 2.75) is 90.5 Å². The number of nitrogens with two attached hydrogens (primary N) is 1. The lowest BCUT2D eigenvalue weighted by Crippen LogP contribution is -2.42. The number of rotatable bonds is 9. The molecule has 0 spiro atoms. The minimum atomic E-state index is -1.61. The van der Waals surface area contributed by atoms with E-state index in [1.807, 2.05) is 0 Å². The first-order chi connectivity index (χ1) is 23.0. The van der Waals surface area contributed by atoms with Crippen molar-refractivity contribution in [2.24, 2.45) is 17.6 Å². The second-order valence-corrected chi connectivity index (χ2v) is 12.4. The number of carbonyl (C=O) groups excluding carboxylic acids is 5. The summed E-state index contributed by atoms with van der Waals surface area (Å²) < 4.78 is 27.4. The molecule has 14 nitrogen and oxygen atoms in total. The zero-order valence-corrected chi connectivity index (χ0v) is 29.6. The predicted octanol–water partition coefficient (Wildman–Crippen LogP) is 2.13. The summed E-state index contributed by atoms with van der Waals surface area (Å²) in [6.45, 7) is 8.10. The van der Waals surface area contributed by atoms with Gasteiger partial charge in [0.1, 0.15) is 12.2 Å². The number of aliphatic hydroxyl groups is 2. The molecule has 5 N–H and O–H groups in total. The molecule has 0 radical (unpaired) electrons. The van der Waals surface area contributed by atoms with Crippen LogP contribution in [0.1, 0.15) is 53.9 Å². The molecule has 1 heterocycles. The molecule has 2 aliphatic rings. The molecule has 0 aromatic heterocycles. The van der Waals surface area contributed by atoms with Crippen LogP contribution in [0.25, 0.3) is 0 Å². The van der Waals surface area contributed by atoms with Gasteiger partial charge in [0, 0.05) is 44.8 Å². The molecule has 2 amide bonds. The Morgan fingerprint density at radius 2 is 1.71 bits per heavy atom. The number of hydrogen-bond acceptors (Lipinski definition) is 12. The second kappa shape index (κ2) is 18.7. The number of fused-ring (bicyclic) bond motifs is 2. The fourth-order valence-electron chi connectivity index (χ4n) is 5.93. The number of nitrogens with one attached hydrogen (secondary N) is 1. The molecule has 0 aromatic carbocycles. The van der Waals surface area contributed by atoms with E-state index in [0.717, 1.165) is 0 Å². The average molecular weight is 691 g/mol. The minimum absolute atomic E-state index is 0.0168.